The SMILES string of the molecule is CC(CCBr)NC(=O)Cc1ccc(F)cc1. The smallest absolute Gasteiger partial charge is 0.224 e. The summed E-state index contributed by atoms with van der Waals surface area (Å²) in [5, 5.41) is 3.75. The highest BCUT2D eigenvalue weighted by Crippen LogP contribution is 2.04. The third-order valence-electron chi connectivity index (χ3n) is 2.23. The highest BCUT2D eigenvalue weighted by molar-refractivity contribution is 9.09. The Balaban J connectivity index is 2.42. The number of alkyl halides is 1. The van der Waals surface area contributed by atoms with Crippen LogP contribution in [0.15, 0.2) is 24.3 Å². The van der Waals surface area contributed by atoms with Crippen molar-refractivity contribution in [3.05, 3.63) is 35.6 Å². The van der Waals surface area contributed by atoms with Crippen LogP contribution in [0.2, 0.25) is 0 Å². The molecule has 0 saturated heterocycles. The first-order chi connectivity index (χ1) is 7.61. The van der Waals surface area contributed by atoms with Crippen molar-refractivity contribution in [2.24, 2.45) is 0 Å². The van der Waals surface area contributed by atoms with Crippen LogP contribution in [-0.4, -0.2) is 17.3 Å². The Morgan fingerprint density at radius 1 is 1.44 bits per heavy atom. The zero-order valence-electron chi connectivity index (χ0n) is 9.17. The van der Waals surface area contributed by atoms with Gasteiger partial charge < -0.3 is 5.32 Å². The van der Waals surface area contributed by atoms with Crippen LogP contribution in [0.25, 0.3) is 0 Å². The molecule has 1 amide bonds. The summed E-state index contributed by atoms with van der Waals surface area (Å²) in [6.45, 7) is 1.96. The van der Waals surface area contributed by atoms with Crippen LogP contribution in [0.5, 0.6) is 0 Å². The average Bonchev–Trinajstić information content (AvgIpc) is 2.21. The lowest BCUT2D eigenvalue weighted by Gasteiger charge is -2.12. The molecule has 0 bridgehead atoms. The normalized spacial score (nSPS) is 12.2. The number of nitrogens with one attached hydrogen (secondary N) is 1. The number of carbonyl (C=O) groups excluding carboxylic acids is 1. The Morgan fingerprint density at radius 2 is 2.06 bits per heavy atom. The Bertz CT molecular complexity index is 339. The molecular formula is C12H15BrFNO. The molecule has 1 N–H and O–H groups in total. The molecule has 1 aromatic carbocycles. The van der Waals surface area contributed by atoms with Crippen molar-refractivity contribution in [1.82, 2.24) is 5.32 Å². The lowest BCUT2D eigenvalue weighted by Crippen LogP contribution is -2.33. The van der Waals surface area contributed by atoms with Gasteiger partial charge in [-0.25, -0.2) is 4.39 Å². The zero-order chi connectivity index (χ0) is 12.0. The van der Waals surface area contributed by atoms with E-state index in [0.717, 1.165) is 17.3 Å². The molecule has 0 radical (unpaired) electrons. The molecule has 2 nitrogen and oxygen atoms in total. The highest BCUT2D eigenvalue weighted by Gasteiger charge is 2.07. The van der Waals surface area contributed by atoms with E-state index in [1.54, 1.807) is 12.1 Å². The molecule has 0 spiro atoms. The number of benzene rings is 1. The second-order valence-electron chi connectivity index (χ2n) is 3.75. The predicted octanol–water partition coefficient (Wildman–Crippen LogP) is 2.66. The zero-order valence-corrected chi connectivity index (χ0v) is 10.8. The van der Waals surface area contributed by atoms with Crippen molar-refractivity contribution in [3.8, 4) is 0 Å². The predicted molar refractivity (Wildman–Crippen MR) is 66.1 cm³/mol. The summed E-state index contributed by atoms with van der Waals surface area (Å²) < 4.78 is 12.6. The minimum absolute atomic E-state index is 0.0277. The van der Waals surface area contributed by atoms with E-state index < -0.39 is 0 Å². The fraction of sp³-hybridized carbons (Fsp3) is 0.417. The molecule has 1 unspecified atom stereocenters. The van der Waals surface area contributed by atoms with Gasteiger partial charge in [0.15, 0.2) is 0 Å². The van der Waals surface area contributed by atoms with E-state index in [2.05, 4.69) is 21.2 Å². The molecule has 1 aromatic rings. The molecule has 88 valence electrons. The summed E-state index contributed by atoms with van der Waals surface area (Å²) in [6, 6.07) is 6.15. The molecule has 1 atom stereocenters. The van der Waals surface area contributed by atoms with Crippen LogP contribution in [0.1, 0.15) is 18.9 Å². The van der Waals surface area contributed by atoms with Gasteiger partial charge in [0.05, 0.1) is 6.42 Å². The molecule has 0 aromatic heterocycles. The first-order valence-electron chi connectivity index (χ1n) is 5.21. The van der Waals surface area contributed by atoms with Gasteiger partial charge >= 0.3 is 0 Å². The first kappa shape index (κ1) is 13.2. The van der Waals surface area contributed by atoms with Crippen LogP contribution in [-0.2, 0) is 11.2 Å². The summed E-state index contributed by atoms with van der Waals surface area (Å²) in [4.78, 5) is 11.6. The highest BCUT2D eigenvalue weighted by atomic mass is 79.9. The molecule has 16 heavy (non-hydrogen) atoms. The minimum Gasteiger partial charge on any atom is -0.353 e. The number of rotatable bonds is 5. The molecule has 0 fully saturated rings. The number of halogens is 2. The largest absolute Gasteiger partial charge is 0.353 e. The molecule has 0 aliphatic rings. The summed E-state index contributed by atoms with van der Waals surface area (Å²) in [5.74, 6) is -0.308. The van der Waals surface area contributed by atoms with E-state index in [9.17, 15) is 9.18 Å². The fourth-order valence-corrected chi connectivity index (χ4v) is 2.04. The Hall–Kier alpha value is -0.900. The molecule has 0 saturated carbocycles. The fourth-order valence-electron chi connectivity index (χ4n) is 1.35. The van der Waals surface area contributed by atoms with Crippen molar-refractivity contribution in [1.29, 1.82) is 0 Å². The van der Waals surface area contributed by atoms with Gasteiger partial charge in [-0.05, 0) is 31.0 Å². The van der Waals surface area contributed by atoms with Gasteiger partial charge in [0.25, 0.3) is 0 Å². The third kappa shape index (κ3) is 4.75. The second-order valence-corrected chi connectivity index (χ2v) is 4.54. The molecule has 1 rings (SSSR count). The van der Waals surface area contributed by atoms with Gasteiger partial charge in [-0.2, -0.15) is 0 Å². The van der Waals surface area contributed by atoms with E-state index in [-0.39, 0.29) is 17.8 Å². The first-order valence-corrected chi connectivity index (χ1v) is 6.33. The van der Waals surface area contributed by atoms with Crippen LogP contribution in [0, 0.1) is 5.82 Å². The van der Waals surface area contributed by atoms with Crippen molar-refractivity contribution in [3.63, 3.8) is 0 Å². The quantitative estimate of drug-likeness (QED) is 0.829. The Morgan fingerprint density at radius 3 is 2.62 bits per heavy atom. The van der Waals surface area contributed by atoms with E-state index in [1.165, 1.54) is 12.1 Å². The number of hydrogen-bond donors (Lipinski definition) is 1. The minimum atomic E-state index is -0.281. The summed E-state index contributed by atoms with van der Waals surface area (Å²) in [6.07, 6.45) is 1.20. The van der Waals surface area contributed by atoms with Crippen molar-refractivity contribution in [2.75, 3.05) is 5.33 Å². The number of carbonyl (C=O) groups is 1. The van der Waals surface area contributed by atoms with Gasteiger partial charge in [-0.3, -0.25) is 4.79 Å². The van der Waals surface area contributed by atoms with E-state index in [0.29, 0.717) is 6.42 Å². The van der Waals surface area contributed by atoms with Crippen molar-refractivity contribution in [2.45, 2.75) is 25.8 Å². The maximum atomic E-state index is 12.6. The van der Waals surface area contributed by atoms with Crippen molar-refractivity contribution >= 4 is 21.8 Å². The summed E-state index contributed by atoms with van der Waals surface area (Å²) in [5.41, 5.74) is 0.824. The van der Waals surface area contributed by atoms with E-state index in [1.807, 2.05) is 6.92 Å². The van der Waals surface area contributed by atoms with Crippen LogP contribution >= 0.6 is 15.9 Å². The van der Waals surface area contributed by atoms with Crippen LogP contribution in [0.4, 0.5) is 4.39 Å². The Labute approximate surface area is 103 Å². The Kier molecular flexibility index (Phi) is 5.46. The lowest BCUT2D eigenvalue weighted by atomic mass is 10.1. The molecule has 4 heteroatoms. The van der Waals surface area contributed by atoms with Gasteiger partial charge in [0.2, 0.25) is 5.91 Å². The lowest BCUT2D eigenvalue weighted by molar-refractivity contribution is -0.121. The van der Waals surface area contributed by atoms with E-state index >= 15 is 0 Å². The topological polar surface area (TPSA) is 29.1 Å². The number of amides is 1. The third-order valence-corrected chi connectivity index (χ3v) is 2.69. The summed E-state index contributed by atoms with van der Waals surface area (Å²) >= 11 is 3.32. The maximum absolute atomic E-state index is 12.6. The van der Waals surface area contributed by atoms with Gasteiger partial charge in [-0.1, -0.05) is 28.1 Å². The average molecular weight is 288 g/mol. The van der Waals surface area contributed by atoms with Crippen molar-refractivity contribution < 1.29 is 9.18 Å². The molecular weight excluding hydrogens is 273 g/mol. The summed E-state index contributed by atoms with van der Waals surface area (Å²) in [7, 11) is 0. The van der Waals surface area contributed by atoms with Gasteiger partial charge in [-0.15, -0.1) is 0 Å². The number of hydrogen-bond acceptors (Lipinski definition) is 1. The molecule has 0 aliphatic carbocycles. The van der Waals surface area contributed by atoms with E-state index in [4.69, 9.17) is 0 Å². The van der Waals surface area contributed by atoms with Gasteiger partial charge in [0, 0.05) is 11.4 Å². The standard InChI is InChI=1S/C12H15BrFNO/c1-9(6-7-13)15-12(16)8-10-2-4-11(14)5-3-10/h2-5,9H,6-8H2,1H3,(H,15,16). The molecule has 0 aliphatic heterocycles. The maximum Gasteiger partial charge on any atom is 0.224 e. The monoisotopic (exact) mass is 287 g/mol. The molecule has 0 heterocycles. The van der Waals surface area contributed by atoms with Crippen LogP contribution in [0.3, 0.4) is 0 Å². The van der Waals surface area contributed by atoms with Gasteiger partial charge in [0.1, 0.15) is 5.82 Å². The second kappa shape index (κ2) is 6.63. The van der Waals surface area contributed by atoms with Crippen LogP contribution < -0.4 is 5.32 Å².